The highest BCUT2D eigenvalue weighted by atomic mass is 19.4. The van der Waals surface area contributed by atoms with E-state index in [2.05, 4.69) is 10.6 Å². The molecule has 2 N–H and O–H groups in total. The highest BCUT2D eigenvalue weighted by Gasteiger charge is 2.41. The Morgan fingerprint density at radius 3 is 2.11 bits per heavy atom. The van der Waals surface area contributed by atoms with Crippen LogP contribution in [-0.2, 0) is 10.2 Å². The van der Waals surface area contributed by atoms with Crippen molar-refractivity contribution in [1.82, 2.24) is 10.6 Å². The van der Waals surface area contributed by atoms with Crippen molar-refractivity contribution in [3.8, 4) is 0 Å². The first kappa shape index (κ1) is 19.4. The van der Waals surface area contributed by atoms with Crippen molar-refractivity contribution in [3.63, 3.8) is 0 Å². The number of halogens is 3. The van der Waals surface area contributed by atoms with E-state index < -0.39 is 18.1 Å². The number of carbonyl (C=O) groups is 1. The van der Waals surface area contributed by atoms with Crippen molar-refractivity contribution >= 4 is 5.91 Å². The largest absolute Gasteiger partial charge is 0.407 e. The van der Waals surface area contributed by atoms with Gasteiger partial charge < -0.3 is 5.32 Å². The molecular weight excluding hydrogens is 353 g/mol. The number of rotatable bonds is 7. The number of nitrogens with one attached hydrogen (secondary N) is 2. The minimum Gasteiger partial charge on any atom is -0.354 e. The summed E-state index contributed by atoms with van der Waals surface area (Å²) in [5, 5.41) is 5.16. The second-order valence-electron chi connectivity index (χ2n) is 7.04. The molecule has 0 saturated heterocycles. The summed E-state index contributed by atoms with van der Waals surface area (Å²) >= 11 is 0. The molecule has 1 atom stereocenters. The maximum atomic E-state index is 13.3. The molecule has 1 amide bonds. The van der Waals surface area contributed by atoms with E-state index in [1.807, 2.05) is 30.3 Å². The smallest absolute Gasteiger partial charge is 0.354 e. The minimum absolute atomic E-state index is 0.0950. The molecule has 0 aliphatic heterocycles. The van der Waals surface area contributed by atoms with Gasteiger partial charge in [-0.05, 0) is 24.0 Å². The Labute approximate surface area is 157 Å². The normalized spacial score (nSPS) is 17.0. The van der Waals surface area contributed by atoms with E-state index in [4.69, 9.17) is 0 Å². The Morgan fingerprint density at radius 2 is 1.59 bits per heavy atom. The number of hydrogen-bond acceptors (Lipinski definition) is 2. The van der Waals surface area contributed by atoms with Crippen LogP contribution in [0.1, 0.15) is 36.4 Å². The summed E-state index contributed by atoms with van der Waals surface area (Å²) in [5.74, 6) is -0.428. The molecule has 3 rings (SSSR count). The van der Waals surface area contributed by atoms with Crippen molar-refractivity contribution in [1.29, 1.82) is 0 Å². The quantitative estimate of drug-likeness (QED) is 0.763. The molecule has 1 aliphatic rings. The SMILES string of the molecule is O=C(CNC(c1ccccc1)C(F)(F)F)NCC1(c2ccccc2)CCC1. The summed E-state index contributed by atoms with van der Waals surface area (Å²) in [6, 6.07) is 15.7. The highest BCUT2D eigenvalue weighted by molar-refractivity contribution is 5.78. The van der Waals surface area contributed by atoms with E-state index in [0.29, 0.717) is 6.54 Å². The molecule has 2 aromatic carbocycles. The fourth-order valence-corrected chi connectivity index (χ4v) is 3.56. The number of hydrogen-bond donors (Lipinski definition) is 2. The van der Waals surface area contributed by atoms with Crippen molar-refractivity contribution in [3.05, 3.63) is 71.8 Å². The predicted octanol–water partition coefficient (Wildman–Crippen LogP) is 4.12. The van der Waals surface area contributed by atoms with Gasteiger partial charge in [-0.1, -0.05) is 67.1 Å². The molecule has 0 aromatic heterocycles. The lowest BCUT2D eigenvalue weighted by atomic mass is 9.64. The van der Waals surface area contributed by atoms with E-state index in [1.54, 1.807) is 18.2 Å². The zero-order valence-corrected chi connectivity index (χ0v) is 14.9. The standard InChI is InChI=1S/C21H23F3N2O/c22-21(23,24)19(16-8-3-1-4-9-16)25-14-18(27)26-15-20(12-7-13-20)17-10-5-2-6-11-17/h1-6,8-11,19,25H,7,12-15H2,(H,26,27). The molecule has 6 heteroatoms. The lowest BCUT2D eigenvalue weighted by molar-refractivity contribution is -0.158. The molecule has 0 spiro atoms. The molecule has 144 valence electrons. The summed E-state index contributed by atoms with van der Waals surface area (Å²) in [7, 11) is 0. The Morgan fingerprint density at radius 1 is 1.00 bits per heavy atom. The number of alkyl halides is 3. The molecule has 1 aliphatic carbocycles. The summed E-state index contributed by atoms with van der Waals surface area (Å²) in [6.07, 6.45) is -1.44. The maximum absolute atomic E-state index is 13.3. The van der Waals surface area contributed by atoms with Gasteiger partial charge >= 0.3 is 6.18 Å². The van der Waals surface area contributed by atoms with Crippen molar-refractivity contribution in [2.45, 2.75) is 36.9 Å². The second kappa shape index (κ2) is 8.13. The molecule has 0 heterocycles. The van der Waals surface area contributed by atoms with Gasteiger partial charge in [0.25, 0.3) is 0 Å². The van der Waals surface area contributed by atoms with E-state index in [9.17, 15) is 18.0 Å². The van der Waals surface area contributed by atoms with Gasteiger partial charge in [0.2, 0.25) is 5.91 Å². The average Bonchev–Trinajstić information content (AvgIpc) is 2.62. The first-order chi connectivity index (χ1) is 12.9. The molecule has 1 saturated carbocycles. The van der Waals surface area contributed by atoms with E-state index in [1.165, 1.54) is 17.7 Å². The maximum Gasteiger partial charge on any atom is 0.407 e. The number of benzene rings is 2. The van der Waals surface area contributed by atoms with Gasteiger partial charge in [0.15, 0.2) is 0 Å². The molecule has 0 radical (unpaired) electrons. The van der Waals surface area contributed by atoms with Crippen molar-refractivity contribution < 1.29 is 18.0 Å². The van der Waals surface area contributed by atoms with Crippen molar-refractivity contribution in [2.24, 2.45) is 0 Å². The Balaban J connectivity index is 1.57. The topological polar surface area (TPSA) is 41.1 Å². The molecule has 3 nitrogen and oxygen atoms in total. The molecular formula is C21H23F3N2O. The Hall–Kier alpha value is -2.34. The van der Waals surface area contributed by atoms with Crippen LogP contribution < -0.4 is 10.6 Å². The number of carbonyl (C=O) groups excluding carboxylic acids is 1. The van der Waals surface area contributed by atoms with Crippen LogP contribution in [0, 0.1) is 0 Å². The molecule has 27 heavy (non-hydrogen) atoms. The Kier molecular flexibility index (Phi) is 5.85. The zero-order chi connectivity index (χ0) is 19.3. The van der Waals surface area contributed by atoms with Gasteiger partial charge in [-0.2, -0.15) is 13.2 Å². The monoisotopic (exact) mass is 376 g/mol. The Bertz CT molecular complexity index is 743. The minimum atomic E-state index is -4.47. The lowest BCUT2D eigenvalue weighted by Crippen LogP contribution is -2.48. The van der Waals surface area contributed by atoms with Gasteiger partial charge in [0, 0.05) is 12.0 Å². The highest BCUT2D eigenvalue weighted by Crippen LogP contribution is 2.43. The van der Waals surface area contributed by atoms with E-state index >= 15 is 0 Å². The van der Waals surface area contributed by atoms with Gasteiger partial charge in [0.05, 0.1) is 6.54 Å². The first-order valence-electron chi connectivity index (χ1n) is 9.08. The third-order valence-corrected chi connectivity index (χ3v) is 5.25. The van der Waals surface area contributed by atoms with Crippen LogP contribution in [-0.4, -0.2) is 25.2 Å². The van der Waals surface area contributed by atoms with Crippen molar-refractivity contribution in [2.75, 3.05) is 13.1 Å². The third kappa shape index (κ3) is 4.69. The lowest BCUT2D eigenvalue weighted by Gasteiger charge is -2.42. The molecule has 1 fully saturated rings. The van der Waals surface area contributed by atoms with Crippen LogP contribution >= 0.6 is 0 Å². The van der Waals surface area contributed by atoms with Crippen LogP contribution in [0.5, 0.6) is 0 Å². The van der Waals surface area contributed by atoms with Gasteiger partial charge in [-0.25, -0.2) is 0 Å². The first-order valence-corrected chi connectivity index (χ1v) is 9.08. The molecule has 2 aromatic rings. The summed E-state index contributed by atoms with van der Waals surface area (Å²) in [4.78, 5) is 12.2. The average molecular weight is 376 g/mol. The van der Waals surface area contributed by atoms with Crippen LogP contribution in [0.3, 0.4) is 0 Å². The van der Waals surface area contributed by atoms with Crippen LogP contribution in [0.4, 0.5) is 13.2 Å². The summed E-state index contributed by atoms with van der Waals surface area (Å²) in [5.41, 5.74) is 1.17. The van der Waals surface area contributed by atoms with Crippen LogP contribution in [0.15, 0.2) is 60.7 Å². The predicted molar refractivity (Wildman–Crippen MR) is 98.2 cm³/mol. The van der Waals surface area contributed by atoms with E-state index in [-0.39, 0.29) is 17.5 Å². The van der Waals surface area contributed by atoms with Crippen LogP contribution in [0.25, 0.3) is 0 Å². The third-order valence-electron chi connectivity index (χ3n) is 5.25. The molecule has 0 bridgehead atoms. The van der Waals surface area contributed by atoms with Crippen LogP contribution in [0.2, 0.25) is 0 Å². The number of amides is 1. The summed E-state index contributed by atoms with van der Waals surface area (Å²) < 4.78 is 40.0. The molecule has 1 unspecified atom stereocenters. The fraction of sp³-hybridized carbons (Fsp3) is 0.381. The zero-order valence-electron chi connectivity index (χ0n) is 14.9. The van der Waals surface area contributed by atoms with Gasteiger partial charge in [-0.3, -0.25) is 10.1 Å². The fourth-order valence-electron chi connectivity index (χ4n) is 3.56. The van der Waals surface area contributed by atoms with Gasteiger partial charge in [0.1, 0.15) is 6.04 Å². The summed E-state index contributed by atoms with van der Waals surface area (Å²) in [6.45, 7) is 0.0590. The van der Waals surface area contributed by atoms with E-state index in [0.717, 1.165) is 19.3 Å². The van der Waals surface area contributed by atoms with Gasteiger partial charge in [-0.15, -0.1) is 0 Å². The second-order valence-corrected chi connectivity index (χ2v) is 7.04.